The van der Waals surface area contributed by atoms with E-state index in [9.17, 15) is 9.59 Å². The average Bonchev–Trinajstić information content (AvgIpc) is 2.44. The summed E-state index contributed by atoms with van der Waals surface area (Å²) in [5, 5.41) is 11.3. The van der Waals surface area contributed by atoms with Crippen molar-refractivity contribution in [3.63, 3.8) is 0 Å². The normalized spacial score (nSPS) is 11.6. The van der Waals surface area contributed by atoms with Crippen molar-refractivity contribution in [2.45, 2.75) is 13.8 Å². The predicted octanol–water partition coefficient (Wildman–Crippen LogP) is 1.54. The molecule has 0 radical (unpaired) electrons. The second-order valence-corrected chi connectivity index (χ2v) is 4.25. The topological polar surface area (TPSA) is 84.9 Å². The molecule has 6 heteroatoms. The fourth-order valence-corrected chi connectivity index (χ4v) is 1.52. The van der Waals surface area contributed by atoms with Crippen LogP contribution in [0.3, 0.4) is 0 Å². The van der Waals surface area contributed by atoms with Crippen LogP contribution in [0.4, 0.5) is 0 Å². The van der Waals surface area contributed by atoms with Crippen molar-refractivity contribution in [3.8, 4) is 11.5 Å². The summed E-state index contributed by atoms with van der Waals surface area (Å²) >= 11 is 0. The average molecular weight is 281 g/mol. The fraction of sp³-hybridized carbons (Fsp3) is 0.429. The Morgan fingerprint density at radius 2 is 2.05 bits per heavy atom. The zero-order valence-corrected chi connectivity index (χ0v) is 11.8. The van der Waals surface area contributed by atoms with Crippen LogP contribution in [0.25, 0.3) is 0 Å². The summed E-state index contributed by atoms with van der Waals surface area (Å²) < 4.78 is 10.5. The molecule has 0 aromatic heterocycles. The van der Waals surface area contributed by atoms with E-state index >= 15 is 0 Å². The van der Waals surface area contributed by atoms with Crippen LogP contribution in [-0.4, -0.2) is 37.2 Å². The molecule has 1 atom stereocenters. The molecular formula is C14H19NO5. The van der Waals surface area contributed by atoms with Gasteiger partial charge in [-0.1, -0.05) is 6.92 Å². The molecule has 0 saturated carbocycles. The van der Waals surface area contributed by atoms with Gasteiger partial charge in [-0.05, 0) is 25.1 Å². The first-order valence-corrected chi connectivity index (χ1v) is 6.31. The highest BCUT2D eigenvalue weighted by Gasteiger charge is 2.14. The summed E-state index contributed by atoms with van der Waals surface area (Å²) in [5.41, 5.74) is 0.392. The zero-order chi connectivity index (χ0) is 15.1. The predicted molar refractivity (Wildman–Crippen MR) is 73.3 cm³/mol. The standard InChI is InChI=1S/C14H19NO5/c1-4-20-11-6-5-10(7-12(11)19-3)13(16)15-8-9(2)14(17)18/h5-7,9H,4,8H2,1-3H3,(H,15,16)(H,17,18). The first-order valence-electron chi connectivity index (χ1n) is 6.31. The van der Waals surface area contributed by atoms with Gasteiger partial charge in [0.15, 0.2) is 11.5 Å². The maximum atomic E-state index is 11.9. The van der Waals surface area contributed by atoms with Crippen molar-refractivity contribution in [1.29, 1.82) is 0 Å². The third-order valence-corrected chi connectivity index (χ3v) is 2.72. The summed E-state index contributed by atoms with van der Waals surface area (Å²) in [5.74, 6) is -0.909. The molecule has 2 N–H and O–H groups in total. The maximum absolute atomic E-state index is 11.9. The van der Waals surface area contributed by atoms with E-state index in [-0.39, 0.29) is 12.5 Å². The van der Waals surface area contributed by atoms with Gasteiger partial charge >= 0.3 is 5.97 Å². The molecular weight excluding hydrogens is 262 g/mol. The molecule has 6 nitrogen and oxygen atoms in total. The summed E-state index contributed by atoms with van der Waals surface area (Å²) in [4.78, 5) is 22.6. The maximum Gasteiger partial charge on any atom is 0.308 e. The van der Waals surface area contributed by atoms with Crippen LogP contribution in [0.1, 0.15) is 24.2 Å². The van der Waals surface area contributed by atoms with E-state index in [1.165, 1.54) is 14.0 Å². The first kappa shape index (κ1) is 15.8. The van der Waals surface area contributed by atoms with Crippen LogP contribution in [0, 0.1) is 5.92 Å². The van der Waals surface area contributed by atoms with Gasteiger partial charge in [0.2, 0.25) is 0 Å². The number of carboxylic acids is 1. The molecule has 0 aliphatic carbocycles. The highest BCUT2D eigenvalue weighted by atomic mass is 16.5. The van der Waals surface area contributed by atoms with Crippen LogP contribution in [0.5, 0.6) is 11.5 Å². The van der Waals surface area contributed by atoms with Crippen molar-refractivity contribution >= 4 is 11.9 Å². The van der Waals surface area contributed by atoms with Gasteiger partial charge in [-0.15, -0.1) is 0 Å². The number of carboxylic acid groups (broad SMARTS) is 1. The quantitative estimate of drug-likeness (QED) is 0.792. The molecule has 0 bridgehead atoms. The number of amides is 1. The van der Waals surface area contributed by atoms with Crippen molar-refractivity contribution in [2.75, 3.05) is 20.3 Å². The molecule has 1 amide bonds. The second kappa shape index (κ2) is 7.37. The van der Waals surface area contributed by atoms with Crippen molar-refractivity contribution in [3.05, 3.63) is 23.8 Å². The minimum atomic E-state index is -0.949. The minimum Gasteiger partial charge on any atom is -0.493 e. The highest BCUT2D eigenvalue weighted by Crippen LogP contribution is 2.27. The summed E-state index contributed by atoms with van der Waals surface area (Å²) in [6, 6.07) is 4.82. The van der Waals surface area contributed by atoms with Crippen LogP contribution in [0.15, 0.2) is 18.2 Å². The number of methoxy groups -OCH3 is 1. The Balaban J connectivity index is 2.76. The lowest BCUT2D eigenvalue weighted by Gasteiger charge is -2.12. The molecule has 0 fully saturated rings. The van der Waals surface area contributed by atoms with Gasteiger partial charge in [0.1, 0.15) is 0 Å². The van der Waals surface area contributed by atoms with Gasteiger partial charge in [-0.25, -0.2) is 0 Å². The van der Waals surface area contributed by atoms with E-state index in [4.69, 9.17) is 14.6 Å². The number of aliphatic carboxylic acids is 1. The fourth-order valence-electron chi connectivity index (χ4n) is 1.52. The second-order valence-electron chi connectivity index (χ2n) is 4.25. The lowest BCUT2D eigenvalue weighted by atomic mass is 10.1. The molecule has 0 heterocycles. The number of carbonyl (C=O) groups excluding carboxylic acids is 1. The molecule has 1 aromatic rings. The summed E-state index contributed by atoms with van der Waals surface area (Å²) in [6.45, 7) is 3.95. The zero-order valence-electron chi connectivity index (χ0n) is 11.8. The van der Waals surface area contributed by atoms with Gasteiger partial charge in [-0.3, -0.25) is 9.59 Å². The van der Waals surface area contributed by atoms with E-state index in [1.54, 1.807) is 18.2 Å². The third-order valence-electron chi connectivity index (χ3n) is 2.72. The summed E-state index contributed by atoms with van der Waals surface area (Å²) in [7, 11) is 1.49. The number of benzene rings is 1. The number of rotatable bonds is 7. The minimum absolute atomic E-state index is 0.0731. The van der Waals surface area contributed by atoms with Crippen LogP contribution < -0.4 is 14.8 Å². The molecule has 0 saturated heterocycles. The van der Waals surface area contributed by atoms with E-state index < -0.39 is 11.9 Å². The number of nitrogens with one attached hydrogen (secondary N) is 1. The van der Waals surface area contributed by atoms with Crippen LogP contribution >= 0.6 is 0 Å². The highest BCUT2D eigenvalue weighted by molar-refractivity contribution is 5.95. The number of hydrogen-bond acceptors (Lipinski definition) is 4. The van der Waals surface area contributed by atoms with E-state index in [2.05, 4.69) is 5.32 Å². The van der Waals surface area contributed by atoms with Crippen molar-refractivity contribution in [2.24, 2.45) is 5.92 Å². The largest absolute Gasteiger partial charge is 0.493 e. The third kappa shape index (κ3) is 4.15. The van der Waals surface area contributed by atoms with Crippen molar-refractivity contribution < 1.29 is 24.2 Å². The van der Waals surface area contributed by atoms with Crippen LogP contribution in [-0.2, 0) is 4.79 Å². The molecule has 110 valence electrons. The van der Waals surface area contributed by atoms with Gasteiger partial charge in [0.05, 0.1) is 19.6 Å². The summed E-state index contributed by atoms with van der Waals surface area (Å²) in [6.07, 6.45) is 0. The lowest BCUT2D eigenvalue weighted by molar-refractivity contribution is -0.140. The van der Waals surface area contributed by atoms with Gasteiger partial charge < -0.3 is 19.9 Å². The molecule has 1 unspecified atom stereocenters. The smallest absolute Gasteiger partial charge is 0.308 e. The molecule has 1 rings (SSSR count). The molecule has 20 heavy (non-hydrogen) atoms. The van der Waals surface area contributed by atoms with Gasteiger partial charge in [-0.2, -0.15) is 0 Å². The Labute approximate surface area is 117 Å². The Kier molecular flexibility index (Phi) is 5.83. The molecule has 1 aromatic carbocycles. The van der Waals surface area contributed by atoms with Gasteiger partial charge in [0, 0.05) is 12.1 Å². The number of carbonyl (C=O) groups is 2. The number of ether oxygens (including phenoxy) is 2. The Hall–Kier alpha value is -2.24. The lowest BCUT2D eigenvalue weighted by Crippen LogP contribution is -2.31. The van der Waals surface area contributed by atoms with E-state index in [0.717, 1.165) is 0 Å². The Morgan fingerprint density at radius 3 is 2.60 bits per heavy atom. The van der Waals surface area contributed by atoms with E-state index in [1.807, 2.05) is 6.92 Å². The van der Waals surface area contributed by atoms with Crippen molar-refractivity contribution in [1.82, 2.24) is 5.32 Å². The SMILES string of the molecule is CCOc1ccc(C(=O)NCC(C)C(=O)O)cc1OC. The number of hydrogen-bond donors (Lipinski definition) is 2. The molecule has 0 aliphatic rings. The van der Waals surface area contributed by atoms with Crippen LogP contribution in [0.2, 0.25) is 0 Å². The molecule has 0 aliphatic heterocycles. The van der Waals surface area contributed by atoms with Gasteiger partial charge in [0.25, 0.3) is 5.91 Å². The monoisotopic (exact) mass is 281 g/mol. The molecule has 0 spiro atoms. The van der Waals surface area contributed by atoms with E-state index in [0.29, 0.717) is 23.7 Å². The Bertz CT molecular complexity index is 486. The first-order chi connectivity index (χ1) is 9.49. The Morgan fingerprint density at radius 1 is 1.35 bits per heavy atom.